The van der Waals surface area contributed by atoms with E-state index in [2.05, 4.69) is 26.1 Å². The van der Waals surface area contributed by atoms with Crippen LogP contribution < -0.4 is 0 Å². The number of amides is 1. The quantitative estimate of drug-likeness (QED) is 0.693. The predicted molar refractivity (Wildman–Crippen MR) is 102 cm³/mol. The van der Waals surface area contributed by atoms with Gasteiger partial charge in [0.05, 0.1) is 0 Å². The highest BCUT2D eigenvalue weighted by Gasteiger charge is 2.35. The van der Waals surface area contributed by atoms with Crippen molar-refractivity contribution < 1.29 is 9.32 Å². The Morgan fingerprint density at radius 1 is 1.04 bits per heavy atom. The Morgan fingerprint density at radius 3 is 2.54 bits per heavy atom. The molecule has 1 aromatic heterocycles. The Balaban J connectivity index is 1.54. The Bertz CT molecular complexity index is 753. The minimum atomic E-state index is -0.0742. The second kappa shape index (κ2) is 7.91. The molecule has 0 spiro atoms. The first-order valence-corrected chi connectivity index (χ1v) is 10.4. The number of aromatic nitrogens is 2. The summed E-state index contributed by atoms with van der Waals surface area (Å²) in [6.45, 7) is 0.802. The molecule has 1 amide bonds. The van der Waals surface area contributed by atoms with Gasteiger partial charge in [-0.3, -0.25) is 4.79 Å². The third kappa shape index (κ3) is 3.70. The van der Waals surface area contributed by atoms with Gasteiger partial charge in [-0.2, -0.15) is 4.98 Å². The summed E-state index contributed by atoms with van der Waals surface area (Å²) in [5.74, 6) is 1.63. The van der Waals surface area contributed by atoms with Crippen molar-refractivity contribution in [3.05, 3.63) is 34.6 Å². The number of nitrogens with zero attached hydrogens (tertiary/aromatic N) is 3. The molecule has 2 aromatic rings. The van der Waals surface area contributed by atoms with Crippen molar-refractivity contribution in [2.24, 2.45) is 5.92 Å². The molecule has 1 aliphatic heterocycles. The molecule has 0 N–H and O–H groups in total. The maximum atomic E-state index is 13.1. The fourth-order valence-corrected chi connectivity index (χ4v) is 4.39. The fraction of sp³-hybridized carbons (Fsp3) is 0.550. The molecule has 1 atom stereocenters. The molecule has 1 unspecified atom stereocenters. The van der Waals surface area contributed by atoms with Gasteiger partial charge in [0.1, 0.15) is 6.04 Å². The zero-order chi connectivity index (χ0) is 17.9. The largest absolute Gasteiger partial charge is 0.337 e. The van der Waals surface area contributed by atoms with Crippen LogP contribution >= 0.6 is 15.9 Å². The summed E-state index contributed by atoms with van der Waals surface area (Å²) in [4.78, 5) is 19.7. The SMILES string of the molecule is O=C(C1CCCCC1)N1CCCCC1c1nc(-c2ccc(Br)cc2)no1. The molecule has 2 aliphatic rings. The molecular formula is C20H24BrN3O2. The lowest BCUT2D eigenvalue weighted by molar-refractivity contribution is -0.141. The molecule has 5 nitrogen and oxygen atoms in total. The van der Waals surface area contributed by atoms with E-state index in [9.17, 15) is 4.79 Å². The molecule has 26 heavy (non-hydrogen) atoms. The van der Waals surface area contributed by atoms with Crippen LogP contribution in [-0.2, 0) is 4.79 Å². The number of hydrogen-bond acceptors (Lipinski definition) is 4. The number of piperidine rings is 1. The fourth-order valence-electron chi connectivity index (χ4n) is 4.12. The zero-order valence-corrected chi connectivity index (χ0v) is 16.5. The van der Waals surface area contributed by atoms with Crippen LogP contribution in [0.2, 0.25) is 0 Å². The summed E-state index contributed by atoms with van der Waals surface area (Å²) >= 11 is 3.44. The van der Waals surface area contributed by atoms with Crippen molar-refractivity contribution >= 4 is 21.8 Å². The van der Waals surface area contributed by atoms with E-state index in [1.807, 2.05) is 29.2 Å². The smallest absolute Gasteiger partial charge is 0.249 e. The topological polar surface area (TPSA) is 59.2 Å². The maximum absolute atomic E-state index is 13.1. The summed E-state index contributed by atoms with van der Waals surface area (Å²) in [5.41, 5.74) is 0.921. The predicted octanol–water partition coefficient (Wildman–Crippen LogP) is 5.13. The zero-order valence-electron chi connectivity index (χ0n) is 14.9. The number of carbonyl (C=O) groups excluding carboxylic acids is 1. The van der Waals surface area contributed by atoms with E-state index in [4.69, 9.17) is 4.52 Å². The molecular weight excluding hydrogens is 394 g/mol. The van der Waals surface area contributed by atoms with E-state index in [0.717, 1.165) is 48.7 Å². The first kappa shape index (κ1) is 17.7. The van der Waals surface area contributed by atoms with E-state index in [1.165, 1.54) is 19.3 Å². The minimum absolute atomic E-state index is 0.0742. The number of likely N-dealkylation sites (tertiary alicyclic amines) is 1. The van der Waals surface area contributed by atoms with Crippen molar-refractivity contribution in [3.8, 4) is 11.4 Å². The monoisotopic (exact) mass is 417 g/mol. The van der Waals surface area contributed by atoms with E-state index in [1.54, 1.807) is 0 Å². The van der Waals surface area contributed by atoms with Gasteiger partial charge < -0.3 is 9.42 Å². The van der Waals surface area contributed by atoms with Gasteiger partial charge in [0.2, 0.25) is 17.6 Å². The summed E-state index contributed by atoms with van der Waals surface area (Å²) in [6.07, 6.45) is 8.70. The normalized spacial score (nSPS) is 21.7. The van der Waals surface area contributed by atoms with Crippen LogP contribution in [0.4, 0.5) is 0 Å². The average Bonchev–Trinajstić information content (AvgIpc) is 3.19. The molecule has 2 heterocycles. The van der Waals surface area contributed by atoms with Crippen molar-refractivity contribution in [3.63, 3.8) is 0 Å². The van der Waals surface area contributed by atoms with Gasteiger partial charge in [-0.05, 0) is 56.4 Å². The number of carbonyl (C=O) groups is 1. The summed E-state index contributed by atoms with van der Waals surface area (Å²) in [5, 5.41) is 4.16. The first-order valence-electron chi connectivity index (χ1n) is 9.62. The molecule has 1 saturated heterocycles. The van der Waals surface area contributed by atoms with Gasteiger partial charge in [0, 0.05) is 22.5 Å². The van der Waals surface area contributed by atoms with E-state index < -0.39 is 0 Å². The average molecular weight is 418 g/mol. The molecule has 6 heteroatoms. The van der Waals surface area contributed by atoms with Gasteiger partial charge in [-0.15, -0.1) is 0 Å². The molecule has 0 bridgehead atoms. The lowest BCUT2D eigenvalue weighted by atomic mass is 9.87. The molecule has 4 rings (SSSR count). The van der Waals surface area contributed by atoms with Crippen LogP contribution in [0.25, 0.3) is 11.4 Å². The number of rotatable bonds is 3. The van der Waals surface area contributed by atoms with Gasteiger partial charge in [0.25, 0.3) is 0 Å². The minimum Gasteiger partial charge on any atom is -0.337 e. The highest BCUT2D eigenvalue weighted by Crippen LogP contribution is 2.35. The summed E-state index contributed by atoms with van der Waals surface area (Å²) < 4.78 is 6.61. The van der Waals surface area contributed by atoms with Crippen LogP contribution in [0.15, 0.2) is 33.3 Å². The van der Waals surface area contributed by atoms with E-state index in [-0.39, 0.29) is 17.9 Å². The van der Waals surface area contributed by atoms with Crippen LogP contribution in [0.1, 0.15) is 63.3 Å². The highest BCUT2D eigenvalue weighted by molar-refractivity contribution is 9.10. The number of hydrogen-bond donors (Lipinski definition) is 0. The van der Waals surface area contributed by atoms with Gasteiger partial charge >= 0.3 is 0 Å². The standard InChI is InChI=1S/C20H24BrN3O2/c21-16-11-9-14(10-12-16)18-22-19(26-23-18)17-8-4-5-13-24(17)20(25)15-6-2-1-3-7-15/h9-12,15,17H,1-8,13H2. The third-order valence-electron chi connectivity index (χ3n) is 5.57. The Morgan fingerprint density at radius 2 is 1.77 bits per heavy atom. The molecule has 0 radical (unpaired) electrons. The van der Waals surface area contributed by atoms with Gasteiger partial charge in [-0.25, -0.2) is 0 Å². The first-order chi connectivity index (χ1) is 12.7. The second-order valence-corrected chi connectivity index (χ2v) is 8.26. The second-order valence-electron chi connectivity index (χ2n) is 7.34. The Kier molecular flexibility index (Phi) is 5.38. The molecule has 2 fully saturated rings. The maximum Gasteiger partial charge on any atom is 0.249 e. The van der Waals surface area contributed by atoms with Crippen molar-refractivity contribution in [1.82, 2.24) is 15.0 Å². The summed E-state index contributed by atoms with van der Waals surface area (Å²) in [6, 6.07) is 7.78. The molecule has 1 saturated carbocycles. The lowest BCUT2D eigenvalue weighted by Gasteiger charge is -2.36. The van der Waals surface area contributed by atoms with Gasteiger partial charge in [-0.1, -0.05) is 40.3 Å². The van der Waals surface area contributed by atoms with Crippen molar-refractivity contribution in [2.75, 3.05) is 6.54 Å². The third-order valence-corrected chi connectivity index (χ3v) is 6.10. The van der Waals surface area contributed by atoms with Gasteiger partial charge in [0.15, 0.2) is 0 Å². The van der Waals surface area contributed by atoms with Crippen molar-refractivity contribution in [2.45, 2.75) is 57.4 Å². The van der Waals surface area contributed by atoms with Crippen LogP contribution in [0, 0.1) is 5.92 Å². The molecule has 1 aliphatic carbocycles. The molecule has 1 aromatic carbocycles. The van der Waals surface area contributed by atoms with E-state index in [0.29, 0.717) is 11.7 Å². The Labute approximate surface area is 162 Å². The number of benzene rings is 1. The molecule has 138 valence electrons. The summed E-state index contributed by atoms with van der Waals surface area (Å²) in [7, 11) is 0. The van der Waals surface area contributed by atoms with Crippen LogP contribution in [0.3, 0.4) is 0 Å². The number of halogens is 1. The Hall–Kier alpha value is -1.69. The van der Waals surface area contributed by atoms with E-state index >= 15 is 0 Å². The highest BCUT2D eigenvalue weighted by atomic mass is 79.9. The van der Waals surface area contributed by atoms with Crippen LogP contribution in [0.5, 0.6) is 0 Å². The van der Waals surface area contributed by atoms with Crippen molar-refractivity contribution in [1.29, 1.82) is 0 Å². The van der Waals surface area contributed by atoms with Crippen LogP contribution in [-0.4, -0.2) is 27.5 Å². The lowest BCUT2D eigenvalue weighted by Crippen LogP contribution is -2.42.